The van der Waals surface area contributed by atoms with Crippen molar-refractivity contribution in [1.29, 1.82) is 0 Å². The van der Waals surface area contributed by atoms with Gasteiger partial charge in [-0.3, -0.25) is 9.78 Å². The molecule has 0 radical (unpaired) electrons. The average molecular weight is 283 g/mol. The number of thiophene rings is 1. The van der Waals surface area contributed by atoms with Crippen molar-refractivity contribution in [3.8, 4) is 5.75 Å². The molecule has 0 aliphatic carbocycles. The highest BCUT2D eigenvalue weighted by Gasteiger charge is 2.11. The number of para-hydroxylation sites is 1. The monoisotopic (exact) mass is 283 g/mol. The number of rotatable bonds is 4. The van der Waals surface area contributed by atoms with Crippen LogP contribution in [0.1, 0.15) is 15.4 Å². The minimum Gasteiger partial charge on any atom is -0.496 e. The van der Waals surface area contributed by atoms with Gasteiger partial charge in [0.05, 0.1) is 23.9 Å². The van der Waals surface area contributed by atoms with Crippen LogP contribution in [-0.4, -0.2) is 17.9 Å². The van der Waals surface area contributed by atoms with Crippen LogP contribution < -0.4 is 4.74 Å². The lowest BCUT2D eigenvalue weighted by Gasteiger charge is -2.01. The van der Waals surface area contributed by atoms with Gasteiger partial charge in [-0.2, -0.15) is 0 Å². The molecule has 0 atom stereocenters. The lowest BCUT2D eigenvalue weighted by atomic mass is 10.1. The molecule has 1 aromatic carbocycles. The maximum atomic E-state index is 12.2. The fourth-order valence-corrected chi connectivity index (χ4v) is 2.83. The van der Waals surface area contributed by atoms with Crippen molar-refractivity contribution in [3.05, 3.63) is 58.4 Å². The first kappa shape index (κ1) is 12.8. The number of hydrogen-bond donors (Lipinski definition) is 0. The highest BCUT2D eigenvalue weighted by Crippen LogP contribution is 2.22. The zero-order chi connectivity index (χ0) is 13.9. The van der Waals surface area contributed by atoms with Crippen LogP contribution in [0.25, 0.3) is 10.9 Å². The van der Waals surface area contributed by atoms with Gasteiger partial charge in [0.15, 0.2) is 5.78 Å². The van der Waals surface area contributed by atoms with Gasteiger partial charge in [0.1, 0.15) is 5.75 Å². The molecule has 0 saturated heterocycles. The molecule has 3 aromatic rings. The van der Waals surface area contributed by atoms with E-state index in [1.807, 2.05) is 41.8 Å². The summed E-state index contributed by atoms with van der Waals surface area (Å²) in [5.74, 6) is 0.797. The van der Waals surface area contributed by atoms with Gasteiger partial charge in [-0.25, -0.2) is 0 Å². The topological polar surface area (TPSA) is 39.2 Å². The number of ether oxygens (including phenoxy) is 1. The smallest absolute Gasteiger partial charge is 0.178 e. The molecule has 0 fully saturated rings. The van der Waals surface area contributed by atoms with E-state index in [4.69, 9.17) is 4.74 Å². The number of carbonyl (C=O) groups excluding carboxylic acids is 1. The van der Waals surface area contributed by atoms with Gasteiger partial charge in [-0.15, -0.1) is 11.3 Å². The maximum absolute atomic E-state index is 12.2. The third kappa shape index (κ3) is 2.56. The Labute approximate surface area is 120 Å². The van der Waals surface area contributed by atoms with Gasteiger partial charge in [-0.1, -0.05) is 24.3 Å². The molecular weight excluding hydrogens is 270 g/mol. The summed E-state index contributed by atoms with van der Waals surface area (Å²) in [7, 11) is 1.60. The minimum atomic E-state index is 0.0704. The number of ketones is 1. The SMILES string of the molecule is COc1csc(C(=O)Cc2ccc3ccccc3n2)c1. The van der Waals surface area contributed by atoms with Crippen molar-refractivity contribution >= 4 is 28.0 Å². The molecule has 0 aliphatic heterocycles. The Morgan fingerprint density at radius 3 is 2.90 bits per heavy atom. The number of pyridine rings is 1. The molecular formula is C16H13NO2S. The number of benzene rings is 1. The van der Waals surface area contributed by atoms with E-state index < -0.39 is 0 Å². The van der Waals surface area contributed by atoms with E-state index in [0.29, 0.717) is 11.3 Å². The van der Waals surface area contributed by atoms with E-state index in [1.165, 1.54) is 11.3 Å². The molecule has 100 valence electrons. The zero-order valence-electron chi connectivity index (χ0n) is 11.0. The molecule has 0 bridgehead atoms. The molecule has 3 rings (SSSR count). The van der Waals surface area contributed by atoms with E-state index in [-0.39, 0.29) is 5.78 Å². The average Bonchev–Trinajstić information content (AvgIpc) is 2.96. The third-order valence-electron chi connectivity index (χ3n) is 3.08. The van der Waals surface area contributed by atoms with Crippen LogP contribution in [0, 0.1) is 0 Å². The van der Waals surface area contributed by atoms with Crippen LogP contribution in [0.2, 0.25) is 0 Å². The van der Waals surface area contributed by atoms with E-state index in [2.05, 4.69) is 4.98 Å². The number of Topliss-reactive ketones (excluding diaryl/α,β-unsaturated/α-hetero) is 1. The summed E-state index contributed by atoms with van der Waals surface area (Å²) in [6.45, 7) is 0. The zero-order valence-corrected chi connectivity index (χ0v) is 11.8. The third-order valence-corrected chi connectivity index (χ3v) is 4.03. The number of methoxy groups -OCH3 is 1. The van der Waals surface area contributed by atoms with Crippen molar-refractivity contribution in [2.45, 2.75) is 6.42 Å². The predicted octanol–water partition coefficient (Wildman–Crippen LogP) is 3.73. The normalized spacial score (nSPS) is 10.7. The molecule has 2 heterocycles. The van der Waals surface area contributed by atoms with Crippen molar-refractivity contribution in [3.63, 3.8) is 0 Å². The second-order valence-electron chi connectivity index (χ2n) is 4.45. The van der Waals surface area contributed by atoms with E-state index in [0.717, 1.165) is 22.3 Å². The summed E-state index contributed by atoms with van der Waals surface area (Å²) >= 11 is 1.40. The van der Waals surface area contributed by atoms with Crippen molar-refractivity contribution in [2.75, 3.05) is 7.11 Å². The second kappa shape index (κ2) is 5.43. The Morgan fingerprint density at radius 2 is 2.10 bits per heavy atom. The fourth-order valence-electron chi connectivity index (χ4n) is 2.03. The number of carbonyl (C=O) groups is 1. The van der Waals surface area contributed by atoms with Crippen LogP contribution >= 0.6 is 11.3 Å². The van der Waals surface area contributed by atoms with E-state index >= 15 is 0 Å². The molecule has 0 aliphatic rings. The standard InChI is InChI=1S/C16H13NO2S/c1-19-13-9-16(20-10-13)15(18)8-12-7-6-11-4-2-3-5-14(11)17-12/h2-7,9-10H,8H2,1H3. The molecule has 0 amide bonds. The summed E-state index contributed by atoms with van der Waals surface area (Å²) in [6.07, 6.45) is 0.314. The molecule has 0 unspecified atom stereocenters. The lowest BCUT2D eigenvalue weighted by molar-refractivity contribution is 0.0995. The van der Waals surface area contributed by atoms with Crippen LogP contribution in [0.15, 0.2) is 47.8 Å². The van der Waals surface area contributed by atoms with Crippen LogP contribution in [0.3, 0.4) is 0 Å². The van der Waals surface area contributed by atoms with Crippen LogP contribution in [-0.2, 0) is 6.42 Å². The highest BCUT2D eigenvalue weighted by molar-refractivity contribution is 7.12. The molecule has 20 heavy (non-hydrogen) atoms. The Kier molecular flexibility index (Phi) is 3.48. The number of fused-ring (bicyclic) bond motifs is 1. The van der Waals surface area contributed by atoms with E-state index in [1.54, 1.807) is 13.2 Å². The van der Waals surface area contributed by atoms with Gasteiger partial charge in [0.2, 0.25) is 0 Å². The highest BCUT2D eigenvalue weighted by atomic mass is 32.1. The maximum Gasteiger partial charge on any atom is 0.178 e. The minimum absolute atomic E-state index is 0.0704. The summed E-state index contributed by atoms with van der Waals surface area (Å²) in [5.41, 5.74) is 1.71. The number of hydrogen-bond acceptors (Lipinski definition) is 4. The van der Waals surface area contributed by atoms with Gasteiger partial charge < -0.3 is 4.74 Å². The van der Waals surface area contributed by atoms with Gasteiger partial charge in [0.25, 0.3) is 0 Å². The van der Waals surface area contributed by atoms with Gasteiger partial charge in [0, 0.05) is 22.5 Å². The first-order valence-electron chi connectivity index (χ1n) is 6.26. The fraction of sp³-hybridized carbons (Fsp3) is 0.125. The Morgan fingerprint density at radius 1 is 1.25 bits per heavy atom. The Balaban J connectivity index is 1.83. The predicted molar refractivity (Wildman–Crippen MR) is 80.6 cm³/mol. The number of aromatic nitrogens is 1. The van der Waals surface area contributed by atoms with E-state index in [9.17, 15) is 4.79 Å². The summed E-state index contributed by atoms with van der Waals surface area (Å²) in [5, 5.41) is 2.92. The summed E-state index contributed by atoms with van der Waals surface area (Å²) in [6, 6.07) is 13.6. The first-order valence-corrected chi connectivity index (χ1v) is 7.14. The van der Waals surface area contributed by atoms with Gasteiger partial charge in [-0.05, 0) is 12.1 Å². The summed E-state index contributed by atoms with van der Waals surface area (Å²) < 4.78 is 5.10. The van der Waals surface area contributed by atoms with Crippen LogP contribution in [0.5, 0.6) is 5.75 Å². The lowest BCUT2D eigenvalue weighted by Crippen LogP contribution is -2.03. The summed E-state index contributed by atoms with van der Waals surface area (Å²) in [4.78, 5) is 17.4. The van der Waals surface area contributed by atoms with Crippen molar-refractivity contribution in [1.82, 2.24) is 4.98 Å². The molecule has 0 saturated carbocycles. The molecule has 4 heteroatoms. The second-order valence-corrected chi connectivity index (χ2v) is 5.36. The Hall–Kier alpha value is -2.20. The Bertz CT molecular complexity index is 764. The largest absolute Gasteiger partial charge is 0.496 e. The van der Waals surface area contributed by atoms with Crippen molar-refractivity contribution < 1.29 is 9.53 Å². The molecule has 2 aromatic heterocycles. The molecule has 0 N–H and O–H groups in total. The molecule has 0 spiro atoms. The molecule has 3 nitrogen and oxygen atoms in total. The van der Waals surface area contributed by atoms with Gasteiger partial charge >= 0.3 is 0 Å². The quantitative estimate of drug-likeness (QED) is 0.685. The van der Waals surface area contributed by atoms with Crippen LogP contribution in [0.4, 0.5) is 0 Å². The van der Waals surface area contributed by atoms with Crippen molar-refractivity contribution in [2.24, 2.45) is 0 Å². The first-order chi connectivity index (χ1) is 9.76. The number of nitrogens with zero attached hydrogens (tertiary/aromatic N) is 1.